The number of para-hydroxylation sites is 1. The summed E-state index contributed by atoms with van der Waals surface area (Å²) in [6, 6.07) is 8.33. The quantitative estimate of drug-likeness (QED) is 0.644. The molecule has 1 heterocycles. The van der Waals surface area contributed by atoms with Crippen LogP contribution in [0.1, 0.15) is 26.0 Å². The van der Waals surface area contributed by atoms with Crippen molar-refractivity contribution >= 4 is 10.9 Å². The molecule has 2 rings (SSSR count). The van der Waals surface area contributed by atoms with Gasteiger partial charge in [0.1, 0.15) is 6.54 Å². The van der Waals surface area contributed by atoms with Crippen molar-refractivity contribution in [1.29, 1.82) is 0 Å². The molecular weight excluding hydrogens is 222 g/mol. The Morgan fingerprint density at radius 2 is 2.17 bits per heavy atom. The molecule has 1 aromatic carbocycles. The summed E-state index contributed by atoms with van der Waals surface area (Å²) in [6.07, 6.45) is 1.14. The minimum Gasteiger partial charge on any atom is -0.311 e. The molecule has 0 bridgehead atoms. The summed E-state index contributed by atoms with van der Waals surface area (Å²) in [4.78, 5) is 0. The molecule has 0 saturated heterocycles. The van der Waals surface area contributed by atoms with Crippen molar-refractivity contribution in [3.63, 3.8) is 0 Å². The standard InChI is InChI=1S/C15H19N3/c1-3-5-11-18-15-9-7-6-8-13(15)14(17-18)12-16-10-4-2/h6-9,16H,4,10-12H2,1-2H3. The Bertz CT molecular complexity index is 572. The van der Waals surface area contributed by atoms with Gasteiger partial charge in [-0.25, -0.2) is 0 Å². The molecule has 0 aliphatic rings. The Balaban J connectivity index is 2.30. The Morgan fingerprint density at radius 3 is 2.94 bits per heavy atom. The molecule has 1 aromatic heterocycles. The monoisotopic (exact) mass is 241 g/mol. The second-order valence-corrected chi connectivity index (χ2v) is 4.23. The molecule has 0 amide bonds. The largest absolute Gasteiger partial charge is 0.311 e. The zero-order chi connectivity index (χ0) is 12.8. The van der Waals surface area contributed by atoms with E-state index < -0.39 is 0 Å². The number of nitrogens with zero attached hydrogens (tertiary/aromatic N) is 2. The van der Waals surface area contributed by atoms with Gasteiger partial charge in [-0.15, -0.1) is 5.92 Å². The maximum Gasteiger partial charge on any atom is 0.102 e. The van der Waals surface area contributed by atoms with E-state index in [4.69, 9.17) is 0 Å². The summed E-state index contributed by atoms with van der Waals surface area (Å²) in [6.45, 7) is 6.53. The SMILES string of the molecule is CC#CCn1nc(CNCCC)c2ccccc21. The molecule has 0 aliphatic carbocycles. The van der Waals surface area contributed by atoms with Crippen LogP contribution in [-0.4, -0.2) is 16.3 Å². The molecule has 0 saturated carbocycles. The van der Waals surface area contributed by atoms with Gasteiger partial charge in [-0.2, -0.15) is 5.10 Å². The lowest BCUT2D eigenvalue weighted by molar-refractivity contribution is 0.643. The number of rotatable bonds is 5. The predicted octanol–water partition coefficient (Wildman–Crippen LogP) is 2.56. The van der Waals surface area contributed by atoms with E-state index in [0.717, 1.165) is 30.7 Å². The highest BCUT2D eigenvalue weighted by atomic mass is 15.3. The topological polar surface area (TPSA) is 29.9 Å². The normalized spacial score (nSPS) is 10.3. The fraction of sp³-hybridized carbons (Fsp3) is 0.400. The smallest absolute Gasteiger partial charge is 0.102 e. The number of aromatic nitrogens is 2. The summed E-state index contributed by atoms with van der Waals surface area (Å²) in [5.74, 6) is 5.98. The third kappa shape index (κ3) is 2.72. The van der Waals surface area contributed by atoms with E-state index in [1.165, 1.54) is 5.39 Å². The van der Waals surface area contributed by atoms with Crippen molar-refractivity contribution in [3.05, 3.63) is 30.0 Å². The van der Waals surface area contributed by atoms with Gasteiger partial charge in [0.25, 0.3) is 0 Å². The van der Waals surface area contributed by atoms with Crippen LogP contribution in [0.5, 0.6) is 0 Å². The van der Waals surface area contributed by atoms with Crippen molar-refractivity contribution in [2.75, 3.05) is 6.54 Å². The minimum absolute atomic E-state index is 0.658. The summed E-state index contributed by atoms with van der Waals surface area (Å²) in [5, 5.41) is 9.27. The van der Waals surface area contributed by atoms with Crippen LogP contribution < -0.4 is 5.32 Å². The molecule has 1 N–H and O–H groups in total. The summed E-state index contributed by atoms with van der Waals surface area (Å²) < 4.78 is 1.98. The fourth-order valence-electron chi connectivity index (χ4n) is 1.98. The molecule has 0 radical (unpaired) electrons. The van der Waals surface area contributed by atoms with Crippen LogP contribution in [0, 0.1) is 11.8 Å². The van der Waals surface area contributed by atoms with E-state index in [1.54, 1.807) is 0 Å². The van der Waals surface area contributed by atoms with Gasteiger partial charge in [0, 0.05) is 11.9 Å². The highest BCUT2D eigenvalue weighted by Gasteiger charge is 2.08. The maximum atomic E-state index is 4.65. The van der Waals surface area contributed by atoms with E-state index >= 15 is 0 Å². The number of benzene rings is 1. The van der Waals surface area contributed by atoms with E-state index in [0.29, 0.717) is 6.54 Å². The van der Waals surface area contributed by atoms with Gasteiger partial charge < -0.3 is 5.32 Å². The Hall–Kier alpha value is -1.79. The third-order valence-electron chi connectivity index (χ3n) is 2.86. The highest BCUT2D eigenvalue weighted by molar-refractivity contribution is 5.82. The van der Waals surface area contributed by atoms with Gasteiger partial charge in [0.2, 0.25) is 0 Å². The molecule has 2 aromatic rings. The molecule has 94 valence electrons. The molecule has 0 fully saturated rings. The lowest BCUT2D eigenvalue weighted by Gasteiger charge is -1.99. The van der Waals surface area contributed by atoms with Crippen LogP contribution in [0.15, 0.2) is 24.3 Å². The molecule has 18 heavy (non-hydrogen) atoms. The van der Waals surface area contributed by atoms with Gasteiger partial charge >= 0.3 is 0 Å². The highest BCUT2D eigenvalue weighted by Crippen LogP contribution is 2.18. The van der Waals surface area contributed by atoms with E-state index in [2.05, 4.69) is 47.4 Å². The molecule has 0 unspecified atom stereocenters. The van der Waals surface area contributed by atoms with E-state index in [9.17, 15) is 0 Å². The van der Waals surface area contributed by atoms with Gasteiger partial charge in [-0.05, 0) is 26.0 Å². The van der Waals surface area contributed by atoms with E-state index in [-0.39, 0.29) is 0 Å². The maximum absolute atomic E-state index is 4.65. The number of nitrogens with one attached hydrogen (secondary N) is 1. The van der Waals surface area contributed by atoms with Gasteiger partial charge in [-0.3, -0.25) is 4.68 Å². The zero-order valence-corrected chi connectivity index (χ0v) is 11.0. The molecule has 0 aliphatic heterocycles. The lowest BCUT2D eigenvalue weighted by Crippen LogP contribution is -2.14. The van der Waals surface area contributed by atoms with Crippen LogP contribution >= 0.6 is 0 Å². The van der Waals surface area contributed by atoms with Crippen molar-refractivity contribution in [1.82, 2.24) is 15.1 Å². The molecular formula is C15H19N3. The van der Waals surface area contributed by atoms with Gasteiger partial charge in [-0.1, -0.05) is 31.0 Å². The first-order valence-corrected chi connectivity index (χ1v) is 6.41. The first-order chi connectivity index (χ1) is 8.86. The van der Waals surface area contributed by atoms with Gasteiger partial charge in [0.15, 0.2) is 0 Å². The van der Waals surface area contributed by atoms with Crippen LogP contribution in [0.2, 0.25) is 0 Å². The van der Waals surface area contributed by atoms with Crippen molar-refractivity contribution < 1.29 is 0 Å². The molecule has 0 atom stereocenters. The first kappa shape index (κ1) is 12.7. The number of fused-ring (bicyclic) bond motifs is 1. The van der Waals surface area contributed by atoms with Crippen LogP contribution in [0.25, 0.3) is 10.9 Å². The number of hydrogen-bond acceptors (Lipinski definition) is 2. The minimum atomic E-state index is 0.658. The third-order valence-corrected chi connectivity index (χ3v) is 2.86. The van der Waals surface area contributed by atoms with Crippen molar-refractivity contribution in [3.8, 4) is 11.8 Å². The van der Waals surface area contributed by atoms with Gasteiger partial charge in [0.05, 0.1) is 11.2 Å². The summed E-state index contributed by atoms with van der Waals surface area (Å²) in [5.41, 5.74) is 2.27. The van der Waals surface area contributed by atoms with Crippen LogP contribution in [-0.2, 0) is 13.1 Å². The second-order valence-electron chi connectivity index (χ2n) is 4.23. The fourth-order valence-corrected chi connectivity index (χ4v) is 1.98. The van der Waals surface area contributed by atoms with Crippen molar-refractivity contribution in [2.24, 2.45) is 0 Å². The molecule has 3 heteroatoms. The Labute approximate surface area is 108 Å². The molecule has 3 nitrogen and oxygen atoms in total. The lowest BCUT2D eigenvalue weighted by atomic mass is 10.2. The Kier molecular flexibility index (Phi) is 4.38. The number of hydrogen-bond donors (Lipinski definition) is 1. The zero-order valence-electron chi connectivity index (χ0n) is 11.0. The Morgan fingerprint density at radius 1 is 1.33 bits per heavy atom. The second kappa shape index (κ2) is 6.23. The summed E-state index contributed by atoms with van der Waals surface area (Å²) in [7, 11) is 0. The average Bonchev–Trinajstić information content (AvgIpc) is 2.76. The van der Waals surface area contributed by atoms with Crippen LogP contribution in [0.4, 0.5) is 0 Å². The summed E-state index contributed by atoms with van der Waals surface area (Å²) >= 11 is 0. The van der Waals surface area contributed by atoms with E-state index in [1.807, 2.05) is 17.7 Å². The molecule has 0 spiro atoms. The average molecular weight is 241 g/mol. The first-order valence-electron chi connectivity index (χ1n) is 6.41. The predicted molar refractivity (Wildman–Crippen MR) is 75.2 cm³/mol. The van der Waals surface area contributed by atoms with Crippen molar-refractivity contribution in [2.45, 2.75) is 33.4 Å². The van der Waals surface area contributed by atoms with Crippen LogP contribution in [0.3, 0.4) is 0 Å².